The average Bonchev–Trinajstić information content (AvgIpc) is 2.53. The summed E-state index contributed by atoms with van der Waals surface area (Å²) in [4.78, 5) is 23.5. The third-order valence-electron chi connectivity index (χ3n) is 2.43. The number of carbonyl (C=O) groups excluding carboxylic acids is 1. The van der Waals surface area contributed by atoms with Gasteiger partial charge in [0.2, 0.25) is 0 Å². The van der Waals surface area contributed by atoms with E-state index in [1.165, 1.54) is 0 Å². The van der Waals surface area contributed by atoms with E-state index in [4.69, 9.17) is 16.3 Å². The number of rotatable bonds is 1. The molecule has 1 aliphatic heterocycles. The molecule has 0 saturated carbocycles. The molecule has 2 N–H and O–H groups in total. The minimum Gasteiger partial charge on any atom is -0.450 e. The van der Waals surface area contributed by atoms with Gasteiger partial charge in [-0.2, -0.15) is 0 Å². The largest absolute Gasteiger partial charge is 0.507 e. The van der Waals surface area contributed by atoms with E-state index in [0.29, 0.717) is 0 Å². The maximum Gasteiger partial charge on any atom is 0.507 e. The van der Waals surface area contributed by atoms with Gasteiger partial charge in [-0.3, -0.25) is 4.90 Å². The van der Waals surface area contributed by atoms with E-state index in [2.05, 4.69) is 10.7 Å². The minimum atomic E-state index is -1.61. The number of nitrogens with zero attached hydrogens (tertiary/aromatic N) is 1. The van der Waals surface area contributed by atoms with Crippen LogP contribution in [0.15, 0.2) is 0 Å². The standard InChI is InChI=1S/C12H17NO6/c1-5-12(17)6-8(18-10(15)16)13(7-12)9(14)19-11(2,3)4/h1,8,17H,6-7H2,2-4H3,(H,15,16)/t8-,12-/m1/s1. The van der Waals surface area contributed by atoms with Crippen LogP contribution in [0.5, 0.6) is 0 Å². The molecule has 0 aromatic rings. The van der Waals surface area contributed by atoms with E-state index in [-0.39, 0.29) is 13.0 Å². The van der Waals surface area contributed by atoms with Crippen molar-refractivity contribution >= 4 is 12.2 Å². The molecule has 0 aliphatic carbocycles. The molecule has 0 spiro atoms. The molecule has 0 aromatic heterocycles. The molecule has 0 bridgehead atoms. The first-order chi connectivity index (χ1) is 8.56. The Morgan fingerprint density at radius 3 is 2.47 bits per heavy atom. The SMILES string of the molecule is C#C[C@@]1(O)C[C@@H](OC(=O)O)N(C(=O)OC(C)(C)C)C1. The molecule has 1 saturated heterocycles. The average molecular weight is 271 g/mol. The summed E-state index contributed by atoms with van der Waals surface area (Å²) in [7, 11) is 0. The highest BCUT2D eigenvalue weighted by molar-refractivity contribution is 5.70. The van der Waals surface area contributed by atoms with Crippen LogP contribution in [0.4, 0.5) is 9.59 Å². The lowest BCUT2D eigenvalue weighted by Crippen LogP contribution is -2.42. The van der Waals surface area contributed by atoms with Crippen molar-refractivity contribution in [1.82, 2.24) is 4.90 Å². The highest BCUT2D eigenvalue weighted by atomic mass is 16.7. The minimum absolute atomic E-state index is 0.185. The predicted octanol–water partition coefficient (Wildman–Crippen LogP) is 1.01. The Morgan fingerprint density at radius 2 is 2.05 bits per heavy atom. The van der Waals surface area contributed by atoms with Crippen LogP contribution in [0.1, 0.15) is 27.2 Å². The summed E-state index contributed by atoms with van der Waals surface area (Å²) in [5, 5.41) is 18.6. The zero-order chi connectivity index (χ0) is 14.8. The summed E-state index contributed by atoms with van der Waals surface area (Å²) in [6.07, 6.45) is 1.48. The maximum atomic E-state index is 11.9. The quantitative estimate of drug-likeness (QED) is 0.546. The number of terminal acetylenes is 1. The van der Waals surface area contributed by atoms with Crippen molar-refractivity contribution in [2.24, 2.45) is 0 Å². The van der Waals surface area contributed by atoms with E-state index in [9.17, 15) is 14.7 Å². The van der Waals surface area contributed by atoms with Gasteiger partial charge in [0.25, 0.3) is 0 Å². The molecular formula is C12H17NO6. The van der Waals surface area contributed by atoms with E-state index in [1.807, 2.05) is 0 Å². The van der Waals surface area contributed by atoms with Gasteiger partial charge in [0, 0.05) is 6.42 Å². The third-order valence-corrected chi connectivity index (χ3v) is 2.43. The second-order valence-corrected chi connectivity index (χ2v) is 5.33. The highest BCUT2D eigenvalue weighted by Crippen LogP contribution is 2.29. The molecule has 1 aliphatic rings. The second kappa shape index (κ2) is 4.97. The predicted molar refractivity (Wildman–Crippen MR) is 64.2 cm³/mol. The van der Waals surface area contributed by atoms with Crippen molar-refractivity contribution in [3.8, 4) is 12.3 Å². The first-order valence-corrected chi connectivity index (χ1v) is 5.66. The lowest BCUT2D eigenvalue weighted by molar-refractivity contribution is -0.0324. The third kappa shape index (κ3) is 4.03. The van der Waals surface area contributed by atoms with E-state index in [1.54, 1.807) is 20.8 Å². The first-order valence-electron chi connectivity index (χ1n) is 5.66. The van der Waals surface area contributed by atoms with Gasteiger partial charge in [0.1, 0.15) is 11.2 Å². The van der Waals surface area contributed by atoms with Crippen molar-refractivity contribution in [3.05, 3.63) is 0 Å². The Bertz CT molecular complexity index is 421. The van der Waals surface area contributed by atoms with Gasteiger partial charge in [-0.1, -0.05) is 5.92 Å². The van der Waals surface area contributed by atoms with Gasteiger partial charge >= 0.3 is 12.2 Å². The molecule has 0 aromatic carbocycles. The summed E-state index contributed by atoms with van der Waals surface area (Å²) in [5.74, 6) is 2.12. The summed E-state index contributed by atoms with van der Waals surface area (Å²) >= 11 is 0. The fourth-order valence-corrected chi connectivity index (χ4v) is 1.68. The summed E-state index contributed by atoms with van der Waals surface area (Å²) in [6, 6.07) is 0. The molecule has 0 unspecified atom stereocenters. The van der Waals surface area contributed by atoms with Crippen molar-refractivity contribution < 1.29 is 29.3 Å². The molecule has 1 heterocycles. The normalized spacial score (nSPS) is 26.7. The Balaban J connectivity index is 2.86. The lowest BCUT2D eigenvalue weighted by atomic mass is 10.1. The van der Waals surface area contributed by atoms with Crippen molar-refractivity contribution in [3.63, 3.8) is 0 Å². The van der Waals surface area contributed by atoms with Gasteiger partial charge in [0.05, 0.1) is 6.54 Å². The van der Waals surface area contributed by atoms with Crippen molar-refractivity contribution in [1.29, 1.82) is 0 Å². The van der Waals surface area contributed by atoms with Gasteiger partial charge < -0.3 is 19.7 Å². The number of amides is 1. The van der Waals surface area contributed by atoms with Crippen LogP contribution in [0.25, 0.3) is 0 Å². The zero-order valence-electron chi connectivity index (χ0n) is 11.0. The summed E-state index contributed by atoms with van der Waals surface area (Å²) in [6.45, 7) is 4.76. The van der Waals surface area contributed by atoms with Gasteiger partial charge in [-0.25, -0.2) is 9.59 Å². The Labute approximate surface area is 111 Å². The Hall–Kier alpha value is -1.94. The molecular weight excluding hydrogens is 254 g/mol. The van der Waals surface area contributed by atoms with Gasteiger partial charge in [0.15, 0.2) is 6.23 Å². The molecule has 1 amide bonds. The number of ether oxygens (including phenoxy) is 2. The van der Waals surface area contributed by atoms with Crippen LogP contribution in [0.2, 0.25) is 0 Å². The fraction of sp³-hybridized carbons (Fsp3) is 0.667. The van der Waals surface area contributed by atoms with E-state index < -0.39 is 29.7 Å². The zero-order valence-corrected chi connectivity index (χ0v) is 11.0. The molecule has 1 fully saturated rings. The Kier molecular flexibility index (Phi) is 3.96. The monoisotopic (exact) mass is 271 g/mol. The van der Waals surface area contributed by atoms with E-state index >= 15 is 0 Å². The molecule has 7 heteroatoms. The van der Waals surface area contributed by atoms with Gasteiger partial charge in [-0.15, -0.1) is 6.42 Å². The summed E-state index contributed by atoms with van der Waals surface area (Å²) in [5.41, 5.74) is -2.36. The van der Waals surface area contributed by atoms with Crippen LogP contribution in [-0.2, 0) is 9.47 Å². The molecule has 106 valence electrons. The topological polar surface area (TPSA) is 96.3 Å². The number of hydrogen-bond acceptors (Lipinski definition) is 5. The number of carbonyl (C=O) groups is 2. The molecule has 7 nitrogen and oxygen atoms in total. The highest BCUT2D eigenvalue weighted by Gasteiger charge is 2.47. The van der Waals surface area contributed by atoms with Crippen molar-refractivity contribution in [2.75, 3.05) is 6.54 Å². The second-order valence-electron chi connectivity index (χ2n) is 5.33. The molecule has 1 rings (SSSR count). The van der Waals surface area contributed by atoms with Crippen LogP contribution < -0.4 is 0 Å². The smallest absolute Gasteiger partial charge is 0.450 e. The fourth-order valence-electron chi connectivity index (χ4n) is 1.68. The molecule has 19 heavy (non-hydrogen) atoms. The molecule has 2 atom stereocenters. The van der Waals surface area contributed by atoms with E-state index in [0.717, 1.165) is 4.90 Å². The number of likely N-dealkylation sites (tertiary alicyclic amines) is 1. The number of β-amino-alcohol motifs (C(OH)–C–C–N with tert-alkyl or cyclic N) is 1. The Morgan fingerprint density at radius 1 is 1.47 bits per heavy atom. The number of hydrogen-bond donors (Lipinski definition) is 2. The number of carboxylic acid groups (broad SMARTS) is 1. The van der Waals surface area contributed by atoms with Crippen LogP contribution in [0, 0.1) is 12.3 Å². The lowest BCUT2D eigenvalue weighted by Gasteiger charge is -2.27. The first kappa shape index (κ1) is 15.1. The maximum absolute atomic E-state index is 11.9. The van der Waals surface area contributed by atoms with Gasteiger partial charge in [-0.05, 0) is 20.8 Å². The number of aliphatic hydroxyl groups is 1. The van der Waals surface area contributed by atoms with Crippen LogP contribution in [0.3, 0.4) is 0 Å². The van der Waals surface area contributed by atoms with Crippen LogP contribution >= 0.6 is 0 Å². The summed E-state index contributed by atoms with van der Waals surface area (Å²) < 4.78 is 9.65. The molecule has 0 radical (unpaired) electrons. The van der Waals surface area contributed by atoms with Crippen molar-refractivity contribution in [2.45, 2.75) is 44.6 Å². The van der Waals surface area contributed by atoms with Crippen LogP contribution in [-0.4, -0.2) is 51.3 Å².